The molecule has 8 nitrogen and oxygen atoms in total. The van der Waals surface area contributed by atoms with Gasteiger partial charge in [0.25, 0.3) is 0 Å². The van der Waals surface area contributed by atoms with E-state index in [0.717, 1.165) is 49.7 Å². The van der Waals surface area contributed by atoms with Crippen LogP contribution in [0.1, 0.15) is 12.5 Å². The molecular weight excluding hydrogens is 452 g/mol. The van der Waals surface area contributed by atoms with E-state index in [1.54, 1.807) is 6.20 Å². The van der Waals surface area contributed by atoms with E-state index in [4.69, 9.17) is 11.6 Å². The van der Waals surface area contributed by atoms with E-state index in [1.165, 1.54) is 0 Å². The normalized spacial score (nSPS) is 17.6. The zero-order valence-electron chi connectivity index (χ0n) is 19.8. The van der Waals surface area contributed by atoms with E-state index < -0.39 is 0 Å². The first kappa shape index (κ1) is 24.4. The average Bonchev–Trinajstić information content (AvgIpc) is 2.86. The molecule has 0 aliphatic carbocycles. The van der Waals surface area contributed by atoms with Crippen LogP contribution in [0.3, 0.4) is 0 Å². The topological polar surface area (TPSA) is 72.0 Å². The number of piperazine rings is 2. The van der Waals surface area contributed by atoms with Gasteiger partial charge >= 0.3 is 0 Å². The molecule has 0 unspecified atom stereocenters. The fourth-order valence-corrected chi connectivity index (χ4v) is 4.59. The molecule has 2 aromatic rings. The van der Waals surface area contributed by atoms with Crippen molar-refractivity contribution in [3.05, 3.63) is 53.2 Å². The van der Waals surface area contributed by atoms with Crippen LogP contribution in [0.15, 0.2) is 42.6 Å². The third-order valence-electron chi connectivity index (χ3n) is 6.53. The Morgan fingerprint density at radius 1 is 0.912 bits per heavy atom. The second kappa shape index (κ2) is 11.6. The molecule has 0 radical (unpaired) electrons. The molecule has 0 saturated carbocycles. The lowest BCUT2D eigenvalue weighted by atomic mass is 10.1. The van der Waals surface area contributed by atoms with Crippen molar-refractivity contribution in [1.29, 1.82) is 0 Å². The van der Waals surface area contributed by atoms with Crippen molar-refractivity contribution in [3.8, 4) is 0 Å². The number of para-hydroxylation sites is 1. The Morgan fingerprint density at radius 2 is 1.59 bits per heavy atom. The van der Waals surface area contributed by atoms with E-state index in [0.29, 0.717) is 44.3 Å². The van der Waals surface area contributed by atoms with Crippen LogP contribution in [0, 0.1) is 0 Å². The maximum atomic E-state index is 12.8. The molecule has 182 valence electrons. The predicted molar refractivity (Wildman–Crippen MR) is 135 cm³/mol. The minimum absolute atomic E-state index is 0.00581. The summed E-state index contributed by atoms with van der Waals surface area (Å²) in [4.78, 5) is 38.2. The number of aromatic nitrogens is 1. The Balaban J connectivity index is 1.17. The van der Waals surface area contributed by atoms with Crippen LogP contribution in [0.25, 0.3) is 0 Å². The number of hydrogen-bond donors (Lipinski definition) is 1. The van der Waals surface area contributed by atoms with Gasteiger partial charge in [0.15, 0.2) is 0 Å². The molecule has 0 atom stereocenters. The fraction of sp³-hybridized carbons (Fsp3) is 0.480. The highest BCUT2D eigenvalue weighted by Gasteiger charge is 2.26. The first-order valence-corrected chi connectivity index (χ1v) is 12.4. The Kier molecular flexibility index (Phi) is 8.37. The SMILES string of the molecule is CCc1ccccc1NC(=O)CN1CCN(C(=O)CN2CCN(c3ccc(Cl)cn3)CC2)CC1. The van der Waals surface area contributed by atoms with Gasteiger partial charge in [-0.3, -0.25) is 19.4 Å². The number of nitrogens with zero attached hydrogens (tertiary/aromatic N) is 5. The molecule has 2 fully saturated rings. The smallest absolute Gasteiger partial charge is 0.238 e. The van der Waals surface area contributed by atoms with E-state index >= 15 is 0 Å². The number of hydrogen-bond acceptors (Lipinski definition) is 6. The zero-order chi connectivity index (χ0) is 23.9. The Morgan fingerprint density at radius 3 is 2.26 bits per heavy atom. The summed E-state index contributed by atoms with van der Waals surface area (Å²) in [5.41, 5.74) is 2.02. The maximum absolute atomic E-state index is 12.8. The fourth-order valence-electron chi connectivity index (χ4n) is 4.48. The summed E-state index contributed by atoms with van der Waals surface area (Å²) in [6.45, 7) is 8.95. The number of rotatable bonds is 7. The van der Waals surface area contributed by atoms with Gasteiger partial charge in [0, 0.05) is 64.2 Å². The number of benzene rings is 1. The Bertz CT molecular complexity index is 970. The monoisotopic (exact) mass is 484 g/mol. The summed E-state index contributed by atoms with van der Waals surface area (Å²) in [7, 11) is 0. The van der Waals surface area contributed by atoms with Gasteiger partial charge in [0.1, 0.15) is 5.82 Å². The third kappa shape index (κ3) is 6.46. The molecule has 0 bridgehead atoms. The van der Waals surface area contributed by atoms with E-state index in [9.17, 15) is 9.59 Å². The quantitative estimate of drug-likeness (QED) is 0.649. The number of pyridine rings is 1. The van der Waals surface area contributed by atoms with Crippen LogP contribution in [0.4, 0.5) is 11.5 Å². The highest BCUT2D eigenvalue weighted by Crippen LogP contribution is 2.17. The van der Waals surface area contributed by atoms with Gasteiger partial charge in [-0.05, 0) is 30.2 Å². The van der Waals surface area contributed by atoms with Crippen molar-refractivity contribution >= 4 is 34.9 Å². The average molecular weight is 485 g/mol. The van der Waals surface area contributed by atoms with Crippen LogP contribution in [0.2, 0.25) is 5.02 Å². The molecule has 0 spiro atoms. The number of halogens is 1. The van der Waals surface area contributed by atoms with Crippen LogP contribution in [-0.4, -0.2) is 96.9 Å². The van der Waals surface area contributed by atoms with Gasteiger partial charge in [0.2, 0.25) is 11.8 Å². The van der Waals surface area contributed by atoms with E-state index in [2.05, 4.69) is 31.9 Å². The van der Waals surface area contributed by atoms with Crippen LogP contribution < -0.4 is 10.2 Å². The maximum Gasteiger partial charge on any atom is 0.238 e. The van der Waals surface area contributed by atoms with Crippen molar-refractivity contribution in [2.24, 2.45) is 0 Å². The van der Waals surface area contributed by atoms with Crippen molar-refractivity contribution < 1.29 is 9.59 Å². The Hall–Kier alpha value is -2.68. The van der Waals surface area contributed by atoms with Crippen LogP contribution in [-0.2, 0) is 16.0 Å². The molecule has 2 aliphatic rings. The van der Waals surface area contributed by atoms with Crippen molar-refractivity contribution in [1.82, 2.24) is 19.7 Å². The molecule has 4 rings (SSSR count). The van der Waals surface area contributed by atoms with Gasteiger partial charge < -0.3 is 15.1 Å². The summed E-state index contributed by atoms with van der Waals surface area (Å²) in [6.07, 6.45) is 2.55. The second-order valence-corrected chi connectivity index (χ2v) is 9.25. The highest BCUT2D eigenvalue weighted by atomic mass is 35.5. The van der Waals surface area contributed by atoms with Gasteiger partial charge in [-0.25, -0.2) is 4.98 Å². The minimum atomic E-state index is -0.00581. The number of anilines is 2. The first-order chi connectivity index (χ1) is 16.5. The van der Waals surface area contributed by atoms with E-state index in [1.807, 2.05) is 41.3 Å². The summed E-state index contributed by atoms with van der Waals surface area (Å²) in [5.74, 6) is 1.08. The van der Waals surface area contributed by atoms with Crippen molar-refractivity contribution in [3.63, 3.8) is 0 Å². The van der Waals surface area contributed by atoms with Crippen molar-refractivity contribution in [2.75, 3.05) is 75.7 Å². The molecule has 1 aromatic carbocycles. The number of carbonyl (C=O) groups excluding carboxylic acids is 2. The Labute approximate surface area is 206 Å². The van der Waals surface area contributed by atoms with Gasteiger partial charge in [-0.2, -0.15) is 0 Å². The predicted octanol–water partition coefficient (Wildman–Crippen LogP) is 2.20. The molecule has 34 heavy (non-hydrogen) atoms. The molecule has 1 aromatic heterocycles. The second-order valence-electron chi connectivity index (χ2n) is 8.81. The largest absolute Gasteiger partial charge is 0.354 e. The molecule has 2 saturated heterocycles. The molecule has 3 heterocycles. The standard InChI is InChI=1S/C25H33ClN6O2/c1-2-20-5-3-4-6-22(20)28-24(33)18-29-11-15-32(16-12-29)25(34)19-30-9-13-31(14-10-30)23-8-7-21(26)17-27-23/h3-8,17H,2,9-16,18-19H2,1H3,(H,28,33). The molecule has 2 aliphatic heterocycles. The van der Waals surface area contributed by atoms with Gasteiger partial charge in [-0.15, -0.1) is 0 Å². The molecule has 2 amide bonds. The lowest BCUT2D eigenvalue weighted by Gasteiger charge is -2.38. The lowest BCUT2D eigenvalue weighted by Crippen LogP contribution is -2.54. The summed E-state index contributed by atoms with van der Waals surface area (Å²) >= 11 is 5.93. The summed E-state index contributed by atoms with van der Waals surface area (Å²) in [6, 6.07) is 11.7. The first-order valence-electron chi connectivity index (χ1n) is 12.0. The third-order valence-corrected chi connectivity index (χ3v) is 6.76. The van der Waals surface area contributed by atoms with Crippen molar-refractivity contribution in [2.45, 2.75) is 13.3 Å². The summed E-state index contributed by atoms with van der Waals surface area (Å²) < 4.78 is 0. The minimum Gasteiger partial charge on any atom is -0.354 e. The molecule has 1 N–H and O–H groups in total. The number of nitrogens with one attached hydrogen (secondary N) is 1. The lowest BCUT2D eigenvalue weighted by molar-refractivity contribution is -0.134. The molecule has 9 heteroatoms. The van der Waals surface area contributed by atoms with Crippen LogP contribution >= 0.6 is 11.6 Å². The molecular formula is C25H33ClN6O2. The highest BCUT2D eigenvalue weighted by molar-refractivity contribution is 6.30. The number of aryl methyl sites for hydroxylation is 1. The van der Waals surface area contributed by atoms with Crippen LogP contribution in [0.5, 0.6) is 0 Å². The zero-order valence-corrected chi connectivity index (χ0v) is 20.5. The summed E-state index contributed by atoms with van der Waals surface area (Å²) in [5, 5.41) is 3.67. The van der Waals surface area contributed by atoms with E-state index in [-0.39, 0.29) is 11.8 Å². The van der Waals surface area contributed by atoms with Gasteiger partial charge in [0.05, 0.1) is 18.1 Å². The van der Waals surface area contributed by atoms with Gasteiger partial charge in [-0.1, -0.05) is 36.7 Å². The number of amides is 2. The number of carbonyl (C=O) groups is 2.